The van der Waals surface area contributed by atoms with Gasteiger partial charge in [-0.25, -0.2) is 0 Å². The van der Waals surface area contributed by atoms with Crippen molar-refractivity contribution in [2.24, 2.45) is 9.98 Å². The van der Waals surface area contributed by atoms with Crippen molar-refractivity contribution in [3.63, 3.8) is 0 Å². The van der Waals surface area contributed by atoms with Gasteiger partial charge in [-0.2, -0.15) is 13.2 Å². The van der Waals surface area contributed by atoms with Gasteiger partial charge in [-0.1, -0.05) is 79.2 Å². The van der Waals surface area contributed by atoms with Crippen molar-refractivity contribution in [1.29, 1.82) is 0 Å². The summed E-state index contributed by atoms with van der Waals surface area (Å²) in [5.41, 5.74) is 8.66. The summed E-state index contributed by atoms with van der Waals surface area (Å²) in [5, 5.41) is 41.4. The van der Waals surface area contributed by atoms with Crippen molar-refractivity contribution in [3.8, 4) is 21.5 Å². The van der Waals surface area contributed by atoms with Crippen LogP contribution in [0, 0.1) is 41.5 Å². The number of carboxylic acid groups (broad SMARTS) is 1. The number of aryl methyl sites for hydroxylation is 4. The van der Waals surface area contributed by atoms with Crippen LogP contribution >= 0.6 is 45.9 Å². The number of aliphatic imine (C=N–C) groups is 2. The number of carboxylic acids is 1. The van der Waals surface area contributed by atoms with Crippen molar-refractivity contribution in [3.05, 3.63) is 208 Å². The summed E-state index contributed by atoms with van der Waals surface area (Å²) in [6.45, 7) is 13.0. The summed E-state index contributed by atoms with van der Waals surface area (Å²) >= 11 is 15.6. The molecule has 2 saturated heterocycles. The summed E-state index contributed by atoms with van der Waals surface area (Å²) < 4.78 is 67.8. The highest BCUT2D eigenvalue weighted by atomic mass is 35.5. The number of carbonyl (C=O) groups is 11. The summed E-state index contributed by atoms with van der Waals surface area (Å²) in [7, 11) is -1.00. The van der Waals surface area contributed by atoms with E-state index in [1.165, 1.54) is 15.8 Å². The molecule has 6 aliphatic heterocycles. The van der Waals surface area contributed by atoms with Crippen LogP contribution in [0.1, 0.15) is 206 Å². The molecule has 0 aliphatic carbocycles. The van der Waals surface area contributed by atoms with Gasteiger partial charge in [-0.05, 0) is 175 Å². The first-order valence-electron chi connectivity index (χ1n) is 39.3. The van der Waals surface area contributed by atoms with Gasteiger partial charge in [0.15, 0.2) is 11.6 Å². The van der Waals surface area contributed by atoms with E-state index in [-0.39, 0.29) is 81.7 Å². The molecule has 16 rings (SSSR count). The number of piperidine rings is 2. The Kier molecular flexibility index (Phi) is 27.1. The molecular formula is C86H84Cl2F4N14O14S2. The first-order valence-corrected chi connectivity index (χ1v) is 41.0. The zero-order valence-electron chi connectivity index (χ0n) is 67.0. The molecule has 6 aromatic carbocycles. The van der Waals surface area contributed by atoms with Gasteiger partial charge in [0.1, 0.15) is 57.3 Å². The van der Waals surface area contributed by atoms with Crippen LogP contribution in [0.15, 0.2) is 119 Å². The van der Waals surface area contributed by atoms with Gasteiger partial charge in [0.25, 0.3) is 23.6 Å². The molecule has 6 aliphatic rings. The Balaban J connectivity index is 0.000000177. The number of hydrogen-bond acceptors (Lipinski definition) is 21. The fraction of sp³-hybridized carbons (Fsp3) is 0.337. The number of ether oxygens (including phenoxy) is 2. The highest BCUT2D eigenvalue weighted by molar-refractivity contribution is 7.15. The van der Waals surface area contributed by atoms with Crippen LogP contribution in [0.5, 0.6) is 11.5 Å². The van der Waals surface area contributed by atoms with E-state index in [4.69, 9.17) is 44.0 Å². The maximum absolute atomic E-state index is 13.7. The van der Waals surface area contributed by atoms with Crippen molar-refractivity contribution < 1.29 is 86.3 Å². The highest BCUT2D eigenvalue weighted by Gasteiger charge is 2.46. The lowest BCUT2D eigenvalue weighted by molar-refractivity contribution is -0.173. The Bertz CT molecular complexity index is 5950. The quantitative estimate of drug-likeness (QED) is 0.0239. The molecule has 5 N–H and O–H groups in total. The lowest BCUT2D eigenvalue weighted by Crippen LogP contribution is -2.57. The van der Waals surface area contributed by atoms with Gasteiger partial charge >= 0.3 is 18.1 Å². The van der Waals surface area contributed by atoms with Gasteiger partial charge in [-0.15, -0.1) is 43.1 Å². The van der Waals surface area contributed by atoms with Crippen LogP contribution in [-0.2, 0) is 33.6 Å². The van der Waals surface area contributed by atoms with Gasteiger partial charge in [0.05, 0.1) is 57.1 Å². The molecule has 0 bridgehead atoms. The van der Waals surface area contributed by atoms with Crippen LogP contribution in [0.4, 0.5) is 17.6 Å². The number of unbranched alkanes of at least 4 members (excludes halogenated alkanes) is 4. The second-order valence-electron chi connectivity index (χ2n) is 29.2. The number of benzene rings is 6. The zero-order valence-corrected chi connectivity index (χ0v) is 69.2. The zero-order chi connectivity index (χ0) is 87.3. The number of amides is 10. The average Bonchev–Trinajstić information content (AvgIpc) is 1.72. The van der Waals surface area contributed by atoms with E-state index in [1.807, 2.05) is 77.6 Å². The van der Waals surface area contributed by atoms with Gasteiger partial charge in [0.2, 0.25) is 29.5 Å². The standard InChI is InChI=1S/C41H38ClN7O6S.C24H22F3N3O6.C19H17ClN4O2S.CH3F.CH4/c1-21-22(2)56-41-34(21)36(24-10-12-26(42)13-11-24)44-30(37-47-46-23(3)48(37)41)20-33(51)43-16-5-4-6-17-55-27-18-25-8-7-9-28-35(25)29(19-27)40(54)49(39(28)53)31-14-15-32(50)45-38(31)52;25-24(26,27)23(35)28-9-2-1-3-10-36-14-11-13-5-4-6-15-19(13)16(12-14)22(34)30(21(15)33)17-7-8-18(31)29-20(17)32;1-9-10(2)27-19-16(9)17(12-4-6-13(20)7-5-12)21-14(8-15(25)26)18-23-22-11(3)24(18)19;1-2;/h7-13,18-19,30-31H,4-6,14-17,20H2,1-3H3,(H,43,51)(H,45,50,52);4-6,11-12,17H,1-3,7-10H2,(H,28,35)(H,29,31,32);4-7,14H,8H2,1-3H3,(H,25,26);1H3;1H4/t30-,31?;;14-;;/m0.0../s1/i;;;1D;. The van der Waals surface area contributed by atoms with Gasteiger partial charge in [0, 0.05) is 89.9 Å². The highest BCUT2D eigenvalue weighted by Crippen LogP contribution is 2.44. The number of fused-ring (bicyclic) bond motifs is 6. The molecular weight excluding hydrogens is 1660 g/mol. The fourth-order valence-electron chi connectivity index (χ4n) is 15.2. The number of alkyl halides is 4. The fourth-order valence-corrected chi connectivity index (χ4v) is 17.9. The van der Waals surface area contributed by atoms with E-state index in [9.17, 15) is 75.4 Å². The minimum Gasteiger partial charge on any atom is -0.494 e. The average molecular weight is 1750 g/mol. The topological polar surface area (TPSA) is 367 Å². The van der Waals surface area contributed by atoms with E-state index in [1.54, 1.807) is 76.5 Å². The number of nitrogens with one attached hydrogen (secondary N) is 4. The maximum atomic E-state index is 13.7. The third kappa shape index (κ3) is 18.5. The molecule has 4 aromatic heterocycles. The number of hydrogen-bond donors (Lipinski definition) is 5. The van der Waals surface area contributed by atoms with Crippen molar-refractivity contribution in [2.75, 3.05) is 33.5 Å². The minimum atomic E-state index is -4.91. The number of aromatic nitrogens is 6. The number of aliphatic carboxylic acids is 1. The Morgan fingerprint density at radius 2 is 0.959 bits per heavy atom. The molecule has 10 heterocycles. The smallest absolute Gasteiger partial charge is 0.471 e. The number of rotatable bonds is 22. The molecule has 2 unspecified atom stereocenters. The van der Waals surface area contributed by atoms with Gasteiger partial charge < -0.3 is 25.2 Å². The normalized spacial score (nSPS) is 17.0. The molecule has 0 saturated carbocycles. The predicted octanol–water partition coefficient (Wildman–Crippen LogP) is 14.1. The summed E-state index contributed by atoms with van der Waals surface area (Å²) in [6, 6.07) is 28.4. The summed E-state index contributed by atoms with van der Waals surface area (Å²) in [6.07, 6.45) is -1.30. The van der Waals surface area contributed by atoms with Crippen LogP contribution < -0.4 is 30.7 Å². The van der Waals surface area contributed by atoms with E-state index in [0.29, 0.717) is 99.1 Å². The van der Waals surface area contributed by atoms with E-state index in [0.717, 1.165) is 89.1 Å². The number of nitrogens with zero attached hydrogens (tertiary/aromatic N) is 10. The molecule has 636 valence electrons. The Hall–Kier alpha value is -12.3. The second-order valence-corrected chi connectivity index (χ2v) is 32.5. The lowest BCUT2D eigenvalue weighted by atomic mass is 9.91. The SMILES string of the molecule is C.Cc1sc2c(c1C)C(c1ccc(Cl)cc1)=N[C@@H](CC(=O)NCCCCCOc1cc3c4c(cccc4c1)C(=O)N(C1CCC(=O)NC1=O)C3=O)c1nnc(C)n1-2.Cc1sc2c(c1C)C(c1ccc(Cl)cc1)=N[C@@H](CC(=O)O)c1nnc(C)n1-2.O=C1CCC(N2C(=O)c3cccc4cc(OCCCCCNC(=O)C(F)(F)F)cc(c34)C2=O)C(=O)N1.[2H]CF. The Morgan fingerprint density at radius 1 is 0.557 bits per heavy atom. The third-order valence-electron chi connectivity index (χ3n) is 21.2. The molecule has 4 atom stereocenters. The largest absolute Gasteiger partial charge is 0.494 e. The first-order chi connectivity index (χ1) is 58.3. The molecule has 0 spiro atoms. The molecule has 122 heavy (non-hydrogen) atoms. The molecule has 36 heteroatoms. The third-order valence-corrected chi connectivity index (χ3v) is 24.1. The Morgan fingerprint density at radius 3 is 1.36 bits per heavy atom. The predicted molar refractivity (Wildman–Crippen MR) is 449 cm³/mol. The number of carbonyl (C=O) groups excluding carboxylic acids is 10. The van der Waals surface area contributed by atoms with E-state index >= 15 is 0 Å². The van der Waals surface area contributed by atoms with E-state index in [2.05, 4.69) is 64.0 Å². The van der Waals surface area contributed by atoms with E-state index < -0.39 is 96.6 Å². The Labute approximate surface area is 715 Å². The number of thiophene rings is 2. The molecule has 10 amide bonds. The summed E-state index contributed by atoms with van der Waals surface area (Å²) in [4.78, 5) is 152. The molecule has 28 nitrogen and oxygen atoms in total. The minimum absolute atomic E-state index is 0. The second kappa shape index (κ2) is 37.8. The summed E-state index contributed by atoms with van der Waals surface area (Å²) in [5.74, 6) is -4.29. The maximum Gasteiger partial charge on any atom is 0.471 e. The van der Waals surface area contributed by atoms with Crippen LogP contribution in [0.25, 0.3) is 31.5 Å². The van der Waals surface area contributed by atoms with Crippen LogP contribution in [-0.4, -0.2) is 173 Å². The van der Waals surface area contributed by atoms with Crippen molar-refractivity contribution in [1.82, 2.24) is 60.6 Å². The first kappa shape index (κ1) is 87.5. The lowest BCUT2D eigenvalue weighted by Gasteiger charge is -2.34. The van der Waals surface area contributed by atoms with Crippen LogP contribution in [0.3, 0.4) is 0 Å². The molecule has 10 aromatic rings. The van der Waals surface area contributed by atoms with Crippen molar-refractivity contribution in [2.45, 2.75) is 156 Å². The van der Waals surface area contributed by atoms with Gasteiger partial charge in [-0.3, -0.25) is 96.7 Å². The number of imide groups is 4. The number of halogens is 6. The molecule has 0 radical (unpaired) electrons. The molecule has 2 fully saturated rings. The van der Waals surface area contributed by atoms with Crippen molar-refractivity contribution >= 4 is 144 Å². The monoisotopic (exact) mass is 1750 g/mol. The van der Waals surface area contributed by atoms with Crippen LogP contribution in [0.2, 0.25) is 10.0 Å².